The second kappa shape index (κ2) is 11.9. The van der Waals surface area contributed by atoms with Gasteiger partial charge < -0.3 is 29.4 Å². The Kier molecular flexibility index (Phi) is 8.16. The second-order valence-corrected chi connectivity index (χ2v) is 8.17. The van der Waals surface area contributed by atoms with E-state index in [1.807, 2.05) is 24.0 Å². The van der Waals surface area contributed by atoms with E-state index in [1.54, 1.807) is 35.6 Å². The Morgan fingerprint density at radius 1 is 1.25 bits per heavy atom. The smallest absolute Gasteiger partial charge is 0.406 e. The zero-order valence-electron chi connectivity index (χ0n) is 20.3. The van der Waals surface area contributed by atoms with Gasteiger partial charge in [0.15, 0.2) is 11.5 Å². The summed E-state index contributed by atoms with van der Waals surface area (Å²) in [6, 6.07) is 3.61. The molecule has 190 valence electrons. The molecule has 0 aromatic carbocycles. The SMILES string of the molecule is COC(=O)NCCCN(CC(=O)NCCC1=Cc2occc2OC1)c1cc(C)nc(-n2ccnc2)n1. The zero-order valence-corrected chi connectivity index (χ0v) is 20.3. The van der Waals surface area contributed by atoms with Gasteiger partial charge >= 0.3 is 6.09 Å². The van der Waals surface area contributed by atoms with E-state index >= 15 is 0 Å². The van der Waals surface area contributed by atoms with Crippen LogP contribution in [0.15, 0.2) is 47.1 Å². The number of imidazole rings is 1. The predicted molar refractivity (Wildman–Crippen MR) is 131 cm³/mol. The minimum atomic E-state index is -0.498. The van der Waals surface area contributed by atoms with Crippen LogP contribution in [0.1, 0.15) is 24.3 Å². The Bertz CT molecular complexity index is 1210. The highest BCUT2D eigenvalue weighted by Gasteiger charge is 2.17. The molecule has 0 unspecified atom stereocenters. The number of amides is 2. The molecule has 0 spiro atoms. The lowest BCUT2D eigenvalue weighted by Crippen LogP contribution is -2.40. The highest BCUT2D eigenvalue weighted by Crippen LogP contribution is 2.27. The number of aromatic nitrogens is 4. The van der Waals surface area contributed by atoms with Gasteiger partial charge in [0.25, 0.3) is 0 Å². The number of hydrogen-bond acceptors (Lipinski definition) is 9. The van der Waals surface area contributed by atoms with E-state index in [9.17, 15) is 9.59 Å². The van der Waals surface area contributed by atoms with E-state index in [1.165, 1.54) is 7.11 Å². The molecule has 36 heavy (non-hydrogen) atoms. The van der Waals surface area contributed by atoms with Crippen LogP contribution in [0, 0.1) is 6.92 Å². The maximum atomic E-state index is 12.8. The molecule has 0 aliphatic carbocycles. The normalized spacial score (nSPS) is 12.2. The van der Waals surface area contributed by atoms with Gasteiger partial charge in [-0.05, 0) is 31.4 Å². The monoisotopic (exact) mass is 495 g/mol. The minimum Gasteiger partial charge on any atom is -0.485 e. The van der Waals surface area contributed by atoms with Gasteiger partial charge in [-0.25, -0.2) is 14.8 Å². The first-order valence-corrected chi connectivity index (χ1v) is 11.6. The number of rotatable bonds is 11. The van der Waals surface area contributed by atoms with E-state index in [2.05, 4.69) is 30.3 Å². The number of furan rings is 1. The highest BCUT2D eigenvalue weighted by molar-refractivity contribution is 5.81. The molecule has 1 aliphatic heterocycles. The Balaban J connectivity index is 1.38. The summed E-state index contributed by atoms with van der Waals surface area (Å²) in [5.41, 5.74) is 1.79. The lowest BCUT2D eigenvalue weighted by atomic mass is 10.1. The number of ether oxygens (including phenoxy) is 2. The summed E-state index contributed by atoms with van der Waals surface area (Å²) in [4.78, 5) is 39.2. The van der Waals surface area contributed by atoms with Crippen LogP contribution in [0.2, 0.25) is 0 Å². The summed E-state index contributed by atoms with van der Waals surface area (Å²) in [7, 11) is 1.32. The summed E-state index contributed by atoms with van der Waals surface area (Å²) in [6.07, 6.45) is 9.29. The topological polar surface area (TPSA) is 137 Å². The summed E-state index contributed by atoms with van der Waals surface area (Å²) in [5.74, 6) is 2.35. The van der Waals surface area contributed by atoms with Gasteiger partial charge in [-0.15, -0.1) is 0 Å². The predicted octanol–water partition coefficient (Wildman–Crippen LogP) is 2.10. The van der Waals surface area contributed by atoms with Gasteiger partial charge in [0.1, 0.15) is 18.8 Å². The number of fused-ring (bicyclic) bond motifs is 1. The van der Waals surface area contributed by atoms with Gasteiger partial charge in [0.2, 0.25) is 11.9 Å². The molecule has 0 saturated heterocycles. The first-order valence-electron chi connectivity index (χ1n) is 11.6. The van der Waals surface area contributed by atoms with E-state index in [-0.39, 0.29) is 12.5 Å². The molecule has 0 radical (unpaired) electrons. The Morgan fingerprint density at radius 3 is 2.94 bits per heavy atom. The highest BCUT2D eigenvalue weighted by atomic mass is 16.5. The van der Waals surface area contributed by atoms with Crippen molar-refractivity contribution < 1.29 is 23.5 Å². The third-order valence-electron chi connectivity index (χ3n) is 5.46. The van der Waals surface area contributed by atoms with Crippen LogP contribution in [0.25, 0.3) is 12.0 Å². The zero-order chi connectivity index (χ0) is 25.3. The average Bonchev–Trinajstić information content (AvgIpc) is 3.57. The van der Waals surface area contributed by atoms with Crippen LogP contribution >= 0.6 is 0 Å². The van der Waals surface area contributed by atoms with Gasteiger partial charge in [-0.3, -0.25) is 9.36 Å². The maximum Gasteiger partial charge on any atom is 0.406 e. The lowest BCUT2D eigenvalue weighted by Gasteiger charge is -2.24. The number of carbonyl (C=O) groups is 2. The number of alkyl carbamates (subject to hydrolysis) is 1. The van der Waals surface area contributed by atoms with Crippen molar-refractivity contribution in [1.29, 1.82) is 0 Å². The average molecular weight is 496 g/mol. The third-order valence-corrected chi connectivity index (χ3v) is 5.46. The van der Waals surface area contributed by atoms with Crippen molar-refractivity contribution in [1.82, 2.24) is 30.2 Å². The molecule has 4 rings (SSSR count). The molecule has 12 nitrogen and oxygen atoms in total. The van der Waals surface area contributed by atoms with Crippen LogP contribution < -0.4 is 20.3 Å². The van der Waals surface area contributed by atoms with Crippen LogP contribution in [-0.4, -0.2) is 71.4 Å². The van der Waals surface area contributed by atoms with E-state index in [4.69, 9.17) is 9.15 Å². The number of aryl methyl sites for hydroxylation is 1. The second-order valence-electron chi connectivity index (χ2n) is 8.17. The molecule has 12 heteroatoms. The first kappa shape index (κ1) is 24.8. The summed E-state index contributed by atoms with van der Waals surface area (Å²) in [5, 5.41) is 5.62. The van der Waals surface area contributed by atoms with Crippen molar-refractivity contribution in [3.8, 4) is 11.7 Å². The van der Waals surface area contributed by atoms with Gasteiger partial charge in [0, 0.05) is 49.9 Å². The van der Waals surface area contributed by atoms with Crippen molar-refractivity contribution in [3.63, 3.8) is 0 Å². The summed E-state index contributed by atoms with van der Waals surface area (Å²) >= 11 is 0. The Hall–Kier alpha value is -4.35. The molecule has 3 aromatic rings. The number of anilines is 1. The minimum absolute atomic E-state index is 0.0932. The van der Waals surface area contributed by atoms with Crippen molar-refractivity contribution in [2.45, 2.75) is 19.8 Å². The van der Waals surface area contributed by atoms with Crippen molar-refractivity contribution >= 4 is 23.9 Å². The largest absolute Gasteiger partial charge is 0.485 e. The van der Waals surface area contributed by atoms with E-state index in [0.717, 1.165) is 17.0 Å². The number of nitrogens with zero attached hydrogens (tertiary/aromatic N) is 5. The number of carbonyl (C=O) groups excluding carboxylic acids is 2. The van der Waals surface area contributed by atoms with Crippen LogP contribution in [0.3, 0.4) is 0 Å². The van der Waals surface area contributed by atoms with Gasteiger partial charge in [-0.1, -0.05) is 0 Å². The standard InChI is InChI=1S/C24H29N7O5/c1-17-12-21(29-23(28-17)31-10-8-25-16-31)30(9-3-6-27-24(33)34-2)14-22(32)26-7-4-18-13-20-19(36-15-18)5-11-35-20/h5,8,10-13,16H,3-4,6-7,9,14-15H2,1-2H3,(H,26,32)(H,27,33). The van der Waals surface area contributed by atoms with E-state index in [0.29, 0.717) is 56.6 Å². The van der Waals surface area contributed by atoms with Crippen molar-refractivity contribution in [2.75, 3.05) is 44.8 Å². The van der Waals surface area contributed by atoms with Crippen molar-refractivity contribution in [2.24, 2.45) is 0 Å². The fourth-order valence-electron chi connectivity index (χ4n) is 3.67. The summed E-state index contributed by atoms with van der Waals surface area (Å²) < 4.78 is 17.3. The summed E-state index contributed by atoms with van der Waals surface area (Å²) in [6.45, 7) is 3.77. The molecule has 4 heterocycles. The molecular weight excluding hydrogens is 466 g/mol. The third kappa shape index (κ3) is 6.62. The van der Waals surface area contributed by atoms with Gasteiger partial charge in [-0.2, -0.15) is 4.98 Å². The quantitative estimate of drug-likeness (QED) is 0.383. The fourth-order valence-corrected chi connectivity index (χ4v) is 3.67. The van der Waals surface area contributed by atoms with Crippen LogP contribution in [-0.2, 0) is 9.53 Å². The fraction of sp³-hybridized carbons (Fsp3) is 0.375. The first-order chi connectivity index (χ1) is 17.5. The van der Waals surface area contributed by atoms with Crippen LogP contribution in [0.5, 0.6) is 5.75 Å². The number of hydrogen-bond donors (Lipinski definition) is 2. The molecule has 0 fully saturated rings. The maximum absolute atomic E-state index is 12.8. The van der Waals surface area contributed by atoms with Crippen molar-refractivity contribution in [3.05, 3.63) is 54.1 Å². The molecule has 0 atom stereocenters. The Labute approximate surface area is 208 Å². The molecule has 1 aliphatic rings. The molecule has 2 N–H and O–H groups in total. The van der Waals surface area contributed by atoms with Crippen LogP contribution in [0.4, 0.5) is 10.6 Å². The molecule has 0 saturated carbocycles. The van der Waals surface area contributed by atoms with E-state index < -0.39 is 6.09 Å². The number of nitrogens with one attached hydrogen (secondary N) is 2. The molecule has 2 amide bonds. The lowest BCUT2D eigenvalue weighted by molar-refractivity contribution is -0.119. The molecular formula is C24H29N7O5. The van der Waals surface area contributed by atoms with Gasteiger partial charge in [0.05, 0.1) is 19.9 Å². The molecule has 0 bridgehead atoms. The Morgan fingerprint density at radius 2 is 2.14 bits per heavy atom. The molecule has 3 aromatic heterocycles. The number of methoxy groups -OCH3 is 1.